The van der Waals surface area contributed by atoms with Crippen molar-refractivity contribution in [1.82, 2.24) is 24.6 Å². The standard InChI is InChI=1S/C16H14N6O/c1-11-4-5-22-16(21-11)12(7-20-22)6-17-13-2-3-14(18-8-13)15-9-23-10-19-15/h2-5,7-10,17H,6H2,1H3. The molecule has 0 spiro atoms. The van der Waals surface area contributed by atoms with E-state index in [2.05, 4.69) is 25.4 Å². The first-order valence-corrected chi connectivity index (χ1v) is 7.18. The molecule has 4 heterocycles. The van der Waals surface area contributed by atoms with Crippen LogP contribution in [0.5, 0.6) is 0 Å². The molecule has 7 heteroatoms. The summed E-state index contributed by atoms with van der Waals surface area (Å²) in [5, 5.41) is 7.63. The van der Waals surface area contributed by atoms with Crippen molar-refractivity contribution in [2.45, 2.75) is 13.5 Å². The summed E-state index contributed by atoms with van der Waals surface area (Å²) >= 11 is 0. The van der Waals surface area contributed by atoms with Gasteiger partial charge in [0.25, 0.3) is 0 Å². The summed E-state index contributed by atoms with van der Waals surface area (Å²) < 4.78 is 6.74. The van der Waals surface area contributed by atoms with Gasteiger partial charge in [-0.1, -0.05) is 0 Å². The topological polar surface area (TPSA) is 81.1 Å². The number of fused-ring (bicyclic) bond motifs is 1. The minimum Gasteiger partial charge on any atom is -0.451 e. The lowest BCUT2D eigenvalue weighted by molar-refractivity contribution is 0.558. The van der Waals surface area contributed by atoms with Gasteiger partial charge in [0.05, 0.1) is 23.8 Å². The number of aromatic nitrogens is 5. The summed E-state index contributed by atoms with van der Waals surface area (Å²) in [6.45, 7) is 2.60. The molecule has 0 aliphatic rings. The van der Waals surface area contributed by atoms with Gasteiger partial charge in [-0.3, -0.25) is 4.98 Å². The van der Waals surface area contributed by atoms with Crippen LogP contribution in [0.15, 0.2) is 53.9 Å². The second-order valence-corrected chi connectivity index (χ2v) is 5.17. The van der Waals surface area contributed by atoms with Crippen LogP contribution >= 0.6 is 0 Å². The molecule has 23 heavy (non-hydrogen) atoms. The Morgan fingerprint density at radius 2 is 2.09 bits per heavy atom. The number of aryl methyl sites for hydroxylation is 1. The highest BCUT2D eigenvalue weighted by Crippen LogP contribution is 2.17. The number of hydrogen-bond donors (Lipinski definition) is 1. The quantitative estimate of drug-likeness (QED) is 0.624. The molecule has 0 aromatic carbocycles. The largest absolute Gasteiger partial charge is 0.451 e. The number of pyridine rings is 1. The fraction of sp³-hybridized carbons (Fsp3) is 0.125. The van der Waals surface area contributed by atoms with Crippen molar-refractivity contribution in [2.75, 3.05) is 5.32 Å². The lowest BCUT2D eigenvalue weighted by Crippen LogP contribution is -2.01. The zero-order chi connectivity index (χ0) is 15.6. The first-order chi connectivity index (χ1) is 11.3. The van der Waals surface area contributed by atoms with Crippen LogP contribution in [-0.4, -0.2) is 24.6 Å². The Kier molecular flexibility index (Phi) is 3.23. The highest BCUT2D eigenvalue weighted by atomic mass is 16.3. The van der Waals surface area contributed by atoms with Crippen LogP contribution in [0.25, 0.3) is 17.0 Å². The zero-order valence-electron chi connectivity index (χ0n) is 12.5. The molecule has 0 aliphatic heterocycles. The third kappa shape index (κ3) is 2.64. The van der Waals surface area contributed by atoms with E-state index in [1.165, 1.54) is 6.39 Å². The Balaban J connectivity index is 1.51. The third-order valence-corrected chi connectivity index (χ3v) is 3.52. The fourth-order valence-corrected chi connectivity index (χ4v) is 2.32. The normalized spacial score (nSPS) is 11.0. The summed E-state index contributed by atoms with van der Waals surface area (Å²) in [7, 11) is 0. The molecule has 7 nitrogen and oxygen atoms in total. The van der Waals surface area contributed by atoms with Crippen molar-refractivity contribution < 1.29 is 4.42 Å². The van der Waals surface area contributed by atoms with Crippen LogP contribution in [0, 0.1) is 6.92 Å². The van der Waals surface area contributed by atoms with Gasteiger partial charge in [0, 0.05) is 24.0 Å². The highest BCUT2D eigenvalue weighted by molar-refractivity contribution is 5.56. The molecule has 0 unspecified atom stereocenters. The number of anilines is 1. The highest BCUT2D eigenvalue weighted by Gasteiger charge is 2.06. The van der Waals surface area contributed by atoms with E-state index in [0.29, 0.717) is 6.54 Å². The van der Waals surface area contributed by atoms with Gasteiger partial charge in [-0.2, -0.15) is 5.10 Å². The molecule has 0 bridgehead atoms. The van der Waals surface area contributed by atoms with Crippen LogP contribution in [-0.2, 0) is 6.54 Å². The van der Waals surface area contributed by atoms with Crippen LogP contribution < -0.4 is 5.32 Å². The van der Waals surface area contributed by atoms with Gasteiger partial charge in [-0.25, -0.2) is 14.5 Å². The van der Waals surface area contributed by atoms with E-state index in [9.17, 15) is 0 Å². The molecule has 4 aromatic rings. The van der Waals surface area contributed by atoms with Crippen molar-refractivity contribution in [3.63, 3.8) is 0 Å². The van der Waals surface area contributed by atoms with Crippen molar-refractivity contribution in [3.8, 4) is 11.4 Å². The molecule has 0 saturated carbocycles. The second-order valence-electron chi connectivity index (χ2n) is 5.17. The van der Waals surface area contributed by atoms with Gasteiger partial charge in [0.1, 0.15) is 12.0 Å². The number of nitrogens with one attached hydrogen (secondary N) is 1. The minimum atomic E-state index is 0.630. The Hall–Kier alpha value is -3.22. The Morgan fingerprint density at radius 1 is 1.13 bits per heavy atom. The predicted molar refractivity (Wildman–Crippen MR) is 84.8 cm³/mol. The van der Waals surface area contributed by atoms with Gasteiger partial charge in [-0.05, 0) is 25.1 Å². The Labute approximate surface area is 132 Å². The fourth-order valence-electron chi connectivity index (χ4n) is 2.32. The molecular formula is C16H14N6O. The number of oxazole rings is 1. The third-order valence-electron chi connectivity index (χ3n) is 3.52. The molecule has 0 aliphatic carbocycles. The average molecular weight is 306 g/mol. The zero-order valence-corrected chi connectivity index (χ0v) is 12.5. The molecule has 0 fully saturated rings. The molecule has 0 amide bonds. The smallest absolute Gasteiger partial charge is 0.181 e. The van der Waals surface area contributed by atoms with Gasteiger partial charge in [0.2, 0.25) is 0 Å². The van der Waals surface area contributed by atoms with E-state index >= 15 is 0 Å². The molecule has 0 atom stereocenters. The van der Waals surface area contributed by atoms with Gasteiger partial charge < -0.3 is 9.73 Å². The first kappa shape index (κ1) is 13.4. The monoisotopic (exact) mass is 306 g/mol. The van der Waals surface area contributed by atoms with Crippen molar-refractivity contribution in [3.05, 3.63) is 60.7 Å². The summed E-state index contributed by atoms with van der Waals surface area (Å²) in [6.07, 6.45) is 8.47. The summed E-state index contributed by atoms with van der Waals surface area (Å²) in [5.41, 5.74) is 5.29. The number of rotatable bonds is 4. The van der Waals surface area contributed by atoms with E-state index in [1.54, 1.807) is 17.0 Å². The van der Waals surface area contributed by atoms with Crippen LogP contribution in [0.3, 0.4) is 0 Å². The maximum Gasteiger partial charge on any atom is 0.181 e. The van der Waals surface area contributed by atoms with E-state index in [0.717, 1.165) is 34.0 Å². The van der Waals surface area contributed by atoms with Crippen LogP contribution in [0.2, 0.25) is 0 Å². The Bertz CT molecular complexity index is 927. The van der Waals surface area contributed by atoms with Gasteiger partial charge in [0.15, 0.2) is 12.0 Å². The van der Waals surface area contributed by atoms with E-state index < -0.39 is 0 Å². The molecule has 0 saturated heterocycles. The van der Waals surface area contributed by atoms with E-state index in [4.69, 9.17) is 4.42 Å². The number of hydrogen-bond acceptors (Lipinski definition) is 6. The maximum absolute atomic E-state index is 4.96. The van der Waals surface area contributed by atoms with Gasteiger partial charge >= 0.3 is 0 Å². The molecule has 4 rings (SSSR count). The second kappa shape index (κ2) is 5.53. The van der Waals surface area contributed by atoms with Crippen LogP contribution in [0.4, 0.5) is 5.69 Å². The summed E-state index contributed by atoms with van der Waals surface area (Å²) in [6, 6.07) is 5.80. The maximum atomic E-state index is 4.96. The molecule has 0 radical (unpaired) electrons. The van der Waals surface area contributed by atoms with Crippen molar-refractivity contribution in [1.29, 1.82) is 0 Å². The summed E-state index contributed by atoms with van der Waals surface area (Å²) in [5.74, 6) is 0. The minimum absolute atomic E-state index is 0.630. The lowest BCUT2D eigenvalue weighted by Gasteiger charge is -2.05. The predicted octanol–water partition coefficient (Wildman–Crippen LogP) is 2.70. The summed E-state index contributed by atoms with van der Waals surface area (Å²) in [4.78, 5) is 13.0. The molecule has 4 aromatic heterocycles. The van der Waals surface area contributed by atoms with E-state index in [-0.39, 0.29) is 0 Å². The van der Waals surface area contributed by atoms with Crippen molar-refractivity contribution >= 4 is 11.3 Å². The van der Waals surface area contributed by atoms with E-state index in [1.807, 2.05) is 37.5 Å². The first-order valence-electron chi connectivity index (χ1n) is 7.18. The molecule has 1 N–H and O–H groups in total. The average Bonchev–Trinajstić information content (AvgIpc) is 3.23. The number of nitrogens with zero attached hydrogens (tertiary/aromatic N) is 5. The van der Waals surface area contributed by atoms with Crippen LogP contribution in [0.1, 0.15) is 11.3 Å². The lowest BCUT2D eigenvalue weighted by atomic mass is 10.2. The molecule has 114 valence electrons. The SMILES string of the molecule is Cc1ccn2ncc(CNc3ccc(-c4cocn4)nc3)c2n1. The van der Waals surface area contributed by atoms with Crippen molar-refractivity contribution in [2.24, 2.45) is 0 Å². The molecular weight excluding hydrogens is 292 g/mol. The van der Waals surface area contributed by atoms with Gasteiger partial charge in [-0.15, -0.1) is 0 Å². The Morgan fingerprint density at radius 3 is 2.87 bits per heavy atom.